The van der Waals surface area contributed by atoms with Crippen molar-refractivity contribution in [1.29, 1.82) is 5.26 Å². The minimum atomic E-state index is -0.494. The van der Waals surface area contributed by atoms with Crippen LogP contribution in [-0.4, -0.2) is 41.1 Å². The first-order valence-electron chi connectivity index (χ1n) is 5.16. The Morgan fingerprint density at radius 3 is 2.88 bits per heavy atom. The number of hydrogen-bond acceptors (Lipinski definition) is 5. The average molecular weight is 240 g/mol. The van der Waals surface area contributed by atoms with E-state index in [2.05, 4.69) is 0 Å². The summed E-state index contributed by atoms with van der Waals surface area (Å²) in [5.74, 6) is 0.846. The Morgan fingerprint density at radius 1 is 1.50 bits per heavy atom. The fourth-order valence-corrected chi connectivity index (χ4v) is 2.77. The third-order valence-electron chi connectivity index (χ3n) is 2.64. The second-order valence-corrected chi connectivity index (χ2v) is 4.86. The van der Waals surface area contributed by atoms with Crippen LogP contribution in [0.25, 0.3) is 0 Å². The monoisotopic (exact) mass is 240 g/mol. The summed E-state index contributed by atoms with van der Waals surface area (Å²) in [5, 5.41) is 8.32. The molecular formula is C10H12N2O3S. The molecule has 0 bridgehead atoms. The SMILES string of the molecule is N#CCOC(=O)C1CSCN1C(=O)C1CC1. The molecule has 6 heteroatoms. The van der Waals surface area contributed by atoms with Crippen molar-refractivity contribution in [2.75, 3.05) is 18.2 Å². The summed E-state index contributed by atoms with van der Waals surface area (Å²) < 4.78 is 4.75. The fraction of sp³-hybridized carbons (Fsp3) is 0.700. The smallest absolute Gasteiger partial charge is 0.330 e. The Bertz CT molecular complexity index is 348. The number of rotatable bonds is 3. The van der Waals surface area contributed by atoms with E-state index in [1.165, 1.54) is 0 Å². The van der Waals surface area contributed by atoms with E-state index in [4.69, 9.17) is 10.00 Å². The summed E-state index contributed by atoms with van der Waals surface area (Å²) in [6.45, 7) is -0.245. The van der Waals surface area contributed by atoms with Crippen molar-refractivity contribution < 1.29 is 14.3 Å². The van der Waals surface area contributed by atoms with Crippen LogP contribution >= 0.6 is 11.8 Å². The van der Waals surface area contributed by atoms with Crippen LogP contribution in [0.5, 0.6) is 0 Å². The molecule has 1 unspecified atom stereocenters. The van der Waals surface area contributed by atoms with Crippen molar-refractivity contribution in [3.05, 3.63) is 0 Å². The highest BCUT2D eigenvalue weighted by atomic mass is 32.2. The zero-order chi connectivity index (χ0) is 11.5. The van der Waals surface area contributed by atoms with Gasteiger partial charge in [0.25, 0.3) is 0 Å². The highest BCUT2D eigenvalue weighted by molar-refractivity contribution is 7.99. The quantitative estimate of drug-likeness (QED) is 0.666. The van der Waals surface area contributed by atoms with Gasteiger partial charge in [-0.15, -0.1) is 11.8 Å². The zero-order valence-corrected chi connectivity index (χ0v) is 9.53. The summed E-state index contributed by atoms with van der Waals surface area (Å²) in [6.07, 6.45) is 1.86. The first kappa shape index (κ1) is 11.3. The summed E-state index contributed by atoms with van der Waals surface area (Å²) in [7, 11) is 0. The van der Waals surface area contributed by atoms with Gasteiger partial charge in [0.1, 0.15) is 12.1 Å². The highest BCUT2D eigenvalue weighted by Crippen LogP contribution is 2.34. The van der Waals surface area contributed by atoms with Crippen LogP contribution in [0.4, 0.5) is 0 Å². The Balaban J connectivity index is 1.94. The average Bonchev–Trinajstić information content (AvgIpc) is 3.02. The number of thioether (sulfide) groups is 1. The first-order valence-corrected chi connectivity index (χ1v) is 6.31. The maximum absolute atomic E-state index is 11.8. The van der Waals surface area contributed by atoms with E-state index in [-0.39, 0.29) is 18.4 Å². The van der Waals surface area contributed by atoms with Gasteiger partial charge >= 0.3 is 5.97 Å². The molecule has 5 nitrogen and oxygen atoms in total. The van der Waals surface area contributed by atoms with E-state index in [0.29, 0.717) is 11.6 Å². The van der Waals surface area contributed by atoms with Crippen molar-refractivity contribution in [3.63, 3.8) is 0 Å². The summed E-state index contributed by atoms with van der Waals surface area (Å²) in [5.41, 5.74) is 0. The summed E-state index contributed by atoms with van der Waals surface area (Å²) in [4.78, 5) is 25.0. The molecule has 0 spiro atoms. The molecule has 0 N–H and O–H groups in total. The molecule has 1 amide bonds. The van der Waals surface area contributed by atoms with Gasteiger partial charge in [-0.1, -0.05) is 0 Å². The molecule has 16 heavy (non-hydrogen) atoms. The topological polar surface area (TPSA) is 70.4 Å². The lowest BCUT2D eigenvalue weighted by atomic mass is 10.2. The molecule has 1 saturated heterocycles. The lowest BCUT2D eigenvalue weighted by Gasteiger charge is -2.21. The number of nitrogens with zero attached hydrogens (tertiary/aromatic N) is 2. The molecule has 0 radical (unpaired) electrons. The lowest BCUT2D eigenvalue weighted by molar-refractivity contribution is -0.152. The fourth-order valence-electron chi connectivity index (χ4n) is 1.62. The molecule has 1 aliphatic heterocycles. The van der Waals surface area contributed by atoms with Crippen molar-refractivity contribution in [2.45, 2.75) is 18.9 Å². The lowest BCUT2D eigenvalue weighted by Crippen LogP contribution is -2.43. The Kier molecular flexibility index (Phi) is 3.34. The second kappa shape index (κ2) is 4.74. The van der Waals surface area contributed by atoms with E-state index in [1.807, 2.05) is 0 Å². The molecule has 1 aliphatic carbocycles. The number of nitriles is 1. The zero-order valence-electron chi connectivity index (χ0n) is 8.72. The normalized spacial score (nSPS) is 23.9. The molecule has 2 aliphatic rings. The minimum Gasteiger partial charge on any atom is -0.449 e. The van der Waals surface area contributed by atoms with E-state index in [1.54, 1.807) is 22.7 Å². The molecule has 0 aromatic heterocycles. The maximum atomic E-state index is 11.8. The van der Waals surface area contributed by atoms with Gasteiger partial charge < -0.3 is 9.64 Å². The van der Waals surface area contributed by atoms with E-state index in [0.717, 1.165) is 12.8 Å². The van der Waals surface area contributed by atoms with Crippen LogP contribution in [-0.2, 0) is 14.3 Å². The predicted molar refractivity (Wildman–Crippen MR) is 57.3 cm³/mol. The van der Waals surface area contributed by atoms with Gasteiger partial charge in [0.2, 0.25) is 5.91 Å². The van der Waals surface area contributed by atoms with Crippen LogP contribution in [0.3, 0.4) is 0 Å². The molecule has 1 atom stereocenters. The van der Waals surface area contributed by atoms with Gasteiger partial charge in [-0.2, -0.15) is 5.26 Å². The number of esters is 1. The molecule has 1 saturated carbocycles. The minimum absolute atomic E-state index is 0.0592. The summed E-state index contributed by atoms with van der Waals surface area (Å²) >= 11 is 1.55. The van der Waals surface area contributed by atoms with Gasteiger partial charge in [-0.25, -0.2) is 4.79 Å². The number of carbonyl (C=O) groups is 2. The van der Waals surface area contributed by atoms with Crippen molar-refractivity contribution in [3.8, 4) is 6.07 Å². The van der Waals surface area contributed by atoms with Gasteiger partial charge in [0.15, 0.2) is 6.61 Å². The maximum Gasteiger partial charge on any atom is 0.330 e. The van der Waals surface area contributed by atoms with Gasteiger partial charge in [-0.3, -0.25) is 4.79 Å². The van der Waals surface area contributed by atoms with E-state index < -0.39 is 12.0 Å². The van der Waals surface area contributed by atoms with Gasteiger partial charge in [-0.05, 0) is 12.8 Å². The third-order valence-corrected chi connectivity index (χ3v) is 3.66. The van der Waals surface area contributed by atoms with Crippen molar-refractivity contribution >= 4 is 23.6 Å². The molecule has 0 aromatic carbocycles. The van der Waals surface area contributed by atoms with Crippen LogP contribution in [0.1, 0.15) is 12.8 Å². The number of hydrogen-bond donors (Lipinski definition) is 0. The van der Waals surface area contributed by atoms with Crippen molar-refractivity contribution in [2.24, 2.45) is 5.92 Å². The molecular weight excluding hydrogens is 228 g/mol. The largest absolute Gasteiger partial charge is 0.449 e. The van der Waals surface area contributed by atoms with Gasteiger partial charge in [0.05, 0.1) is 5.88 Å². The number of ether oxygens (including phenoxy) is 1. The van der Waals surface area contributed by atoms with Gasteiger partial charge in [0, 0.05) is 11.7 Å². The molecule has 2 fully saturated rings. The number of amides is 1. The standard InChI is InChI=1S/C10H12N2O3S/c11-3-4-15-10(14)8-5-16-6-12(8)9(13)7-1-2-7/h7-8H,1-2,4-6H2. The number of carbonyl (C=O) groups excluding carboxylic acids is 2. The van der Waals surface area contributed by atoms with Crippen LogP contribution in [0, 0.1) is 17.2 Å². The predicted octanol–water partition coefficient (Wildman–Crippen LogP) is 0.365. The van der Waals surface area contributed by atoms with Crippen LogP contribution in [0.15, 0.2) is 0 Å². The molecule has 0 aromatic rings. The molecule has 1 heterocycles. The van der Waals surface area contributed by atoms with Crippen molar-refractivity contribution in [1.82, 2.24) is 4.90 Å². The first-order chi connectivity index (χ1) is 7.74. The Morgan fingerprint density at radius 2 is 2.25 bits per heavy atom. The van der Waals surface area contributed by atoms with E-state index >= 15 is 0 Å². The van der Waals surface area contributed by atoms with Crippen LogP contribution in [0.2, 0.25) is 0 Å². The summed E-state index contributed by atoms with van der Waals surface area (Å²) in [6, 6.07) is 1.25. The molecule has 86 valence electrons. The highest BCUT2D eigenvalue weighted by Gasteiger charge is 2.41. The second-order valence-electron chi connectivity index (χ2n) is 3.86. The van der Waals surface area contributed by atoms with Crippen LogP contribution < -0.4 is 0 Å². The Labute approximate surface area is 97.7 Å². The molecule has 2 rings (SSSR count). The Hall–Kier alpha value is -1.22. The third kappa shape index (κ3) is 2.30. The van der Waals surface area contributed by atoms with E-state index in [9.17, 15) is 9.59 Å².